The maximum Gasteiger partial charge on any atom is 0.169 e. The first kappa shape index (κ1) is 15.1. The highest BCUT2D eigenvalue weighted by molar-refractivity contribution is 5.98. The summed E-state index contributed by atoms with van der Waals surface area (Å²) in [6.07, 6.45) is 0. The molecule has 0 aromatic heterocycles. The number of morpholine rings is 1. The number of ketones is 1. The molecule has 4 heteroatoms. The van der Waals surface area contributed by atoms with Crippen LogP contribution in [0.3, 0.4) is 0 Å². The summed E-state index contributed by atoms with van der Waals surface area (Å²) in [6.45, 7) is 8.85. The number of carbonyl (C=O) groups excluding carboxylic acids is 1. The van der Waals surface area contributed by atoms with E-state index in [0.717, 1.165) is 6.54 Å². The van der Waals surface area contributed by atoms with E-state index in [2.05, 4.69) is 18.7 Å². The van der Waals surface area contributed by atoms with Gasteiger partial charge in [0.15, 0.2) is 5.78 Å². The Kier molecular flexibility index (Phi) is 4.55. The lowest BCUT2D eigenvalue weighted by atomic mass is 9.95. The molecule has 1 aliphatic rings. The molecule has 0 spiro atoms. The highest BCUT2D eigenvalue weighted by Gasteiger charge is 2.32. The average molecular weight is 279 g/mol. The van der Waals surface area contributed by atoms with Crippen LogP contribution in [-0.2, 0) is 4.74 Å². The number of nitrogens with zero attached hydrogens (tertiary/aromatic N) is 1. The molecule has 0 radical (unpaired) electrons. The second-order valence-corrected chi connectivity index (χ2v) is 6.06. The van der Waals surface area contributed by atoms with Gasteiger partial charge in [0.25, 0.3) is 0 Å². The van der Waals surface area contributed by atoms with Crippen LogP contribution in [0.25, 0.3) is 0 Å². The molecule has 1 fully saturated rings. The molecule has 1 saturated heterocycles. The molecule has 1 heterocycles. The number of hydrogen-bond acceptors (Lipinski definition) is 3. The summed E-state index contributed by atoms with van der Waals surface area (Å²) in [5.74, 6) is -0.805. The van der Waals surface area contributed by atoms with Crippen LogP contribution in [0.2, 0.25) is 0 Å². The quantitative estimate of drug-likeness (QED) is 0.794. The topological polar surface area (TPSA) is 29.5 Å². The molecule has 0 N–H and O–H groups in total. The molecule has 0 aliphatic carbocycles. The van der Waals surface area contributed by atoms with Crippen LogP contribution in [0.1, 0.15) is 31.1 Å². The number of Topliss-reactive ketones (excluding diaryl/α,β-unsaturated/α-hetero) is 1. The first-order chi connectivity index (χ1) is 9.42. The smallest absolute Gasteiger partial charge is 0.169 e. The van der Waals surface area contributed by atoms with Gasteiger partial charge in [0.1, 0.15) is 5.82 Å². The van der Waals surface area contributed by atoms with Gasteiger partial charge in [0.2, 0.25) is 0 Å². The molecule has 2 rings (SSSR count). The molecule has 0 bridgehead atoms. The summed E-state index contributed by atoms with van der Waals surface area (Å²) >= 11 is 0. The second kappa shape index (κ2) is 6.02. The van der Waals surface area contributed by atoms with E-state index in [1.807, 2.05) is 6.92 Å². The molecular weight excluding hydrogens is 257 g/mol. The molecule has 0 amide bonds. The van der Waals surface area contributed by atoms with Gasteiger partial charge in [-0.3, -0.25) is 9.69 Å². The molecule has 1 aromatic rings. The van der Waals surface area contributed by atoms with Crippen molar-refractivity contribution in [3.63, 3.8) is 0 Å². The molecule has 1 aromatic carbocycles. The van der Waals surface area contributed by atoms with E-state index in [0.29, 0.717) is 19.8 Å². The number of benzene rings is 1. The number of rotatable bonds is 4. The minimum Gasteiger partial charge on any atom is -0.378 e. The van der Waals surface area contributed by atoms with Gasteiger partial charge in [0.05, 0.1) is 18.8 Å². The summed E-state index contributed by atoms with van der Waals surface area (Å²) in [5, 5.41) is 0. The molecule has 1 unspecified atom stereocenters. The summed E-state index contributed by atoms with van der Waals surface area (Å²) in [6, 6.07) is 6.18. The zero-order valence-corrected chi connectivity index (χ0v) is 12.4. The predicted molar refractivity (Wildman–Crippen MR) is 76.4 cm³/mol. The highest BCUT2D eigenvalue weighted by atomic mass is 19.1. The standard InChI is InChI=1S/C16H22FNO2/c1-12(10-18-8-9-20-11-16(18,2)3)15(19)13-6-4-5-7-14(13)17/h4-7,12H,8-11H2,1-3H3. The molecule has 1 atom stereocenters. The summed E-state index contributed by atoms with van der Waals surface area (Å²) in [5.41, 5.74) is 0.105. The summed E-state index contributed by atoms with van der Waals surface area (Å²) in [7, 11) is 0. The number of hydrogen-bond donors (Lipinski definition) is 0. The van der Waals surface area contributed by atoms with Crippen molar-refractivity contribution in [2.45, 2.75) is 26.3 Å². The number of ether oxygens (including phenoxy) is 1. The van der Waals surface area contributed by atoms with E-state index in [9.17, 15) is 9.18 Å². The fourth-order valence-electron chi connectivity index (χ4n) is 2.57. The van der Waals surface area contributed by atoms with E-state index < -0.39 is 5.82 Å². The van der Waals surface area contributed by atoms with Gasteiger partial charge in [0, 0.05) is 24.5 Å². The fraction of sp³-hybridized carbons (Fsp3) is 0.562. The van der Waals surface area contributed by atoms with Crippen molar-refractivity contribution in [1.29, 1.82) is 0 Å². The Bertz CT molecular complexity index is 487. The molecule has 20 heavy (non-hydrogen) atoms. The first-order valence-electron chi connectivity index (χ1n) is 7.03. The Morgan fingerprint density at radius 1 is 1.45 bits per heavy atom. The van der Waals surface area contributed by atoms with Crippen LogP contribution >= 0.6 is 0 Å². The lowest BCUT2D eigenvalue weighted by Crippen LogP contribution is -2.54. The van der Waals surface area contributed by atoms with Gasteiger partial charge >= 0.3 is 0 Å². The van der Waals surface area contributed by atoms with Gasteiger partial charge < -0.3 is 4.74 Å². The lowest BCUT2D eigenvalue weighted by molar-refractivity contribution is -0.0547. The third-order valence-electron chi connectivity index (χ3n) is 3.90. The molecular formula is C16H22FNO2. The van der Waals surface area contributed by atoms with E-state index in [1.54, 1.807) is 18.2 Å². The number of carbonyl (C=O) groups is 1. The summed E-state index contributed by atoms with van der Waals surface area (Å²) in [4.78, 5) is 14.6. The fourth-order valence-corrected chi connectivity index (χ4v) is 2.57. The van der Waals surface area contributed by atoms with E-state index in [1.165, 1.54) is 6.07 Å². The van der Waals surface area contributed by atoms with E-state index >= 15 is 0 Å². The number of halogens is 1. The third-order valence-corrected chi connectivity index (χ3v) is 3.90. The van der Waals surface area contributed by atoms with Gasteiger partial charge in [-0.1, -0.05) is 19.1 Å². The Hall–Kier alpha value is -1.26. The van der Waals surface area contributed by atoms with Crippen molar-refractivity contribution in [3.05, 3.63) is 35.6 Å². The van der Waals surface area contributed by atoms with Crippen molar-refractivity contribution < 1.29 is 13.9 Å². The Morgan fingerprint density at radius 2 is 2.15 bits per heavy atom. The zero-order chi connectivity index (χ0) is 14.8. The molecule has 0 saturated carbocycles. The largest absolute Gasteiger partial charge is 0.378 e. The monoisotopic (exact) mass is 279 g/mol. The Labute approximate surface area is 119 Å². The zero-order valence-electron chi connectivity index (χ0n) is 12.4. The molecule has 1 aliphatic heterocycles. The van der Waals surface area contributed by atoms with Crippen LogP contribution in [0, 0.1) is 11.7 Å². The molecule has 110 valence electrons. The van der Waals surface area contributed by atoms with E-state index in [-0.39, 0.29) is 22.8 Å². The van der Waals surface area contributed by atoms with Gasteiger partial charge in [-0.05, 0) is 26.0 Å². The van der Waals surface area contributed by atoms with Crippen molar-refractivity contribution >= 4 is 5.78 Å². The van der Waals surface area contributed by atoms with Crippen molar-refractivity contribution in [2.75, 3.05) is 26.3 Å². The van der Waals surface area contributed by atoms with Gasteiger partial charge in [-0.25, -0.2) is 4.39 Å². The minimum atomic E-state index is -0.439. The molecule has 3 nitrogen and oxygen atoms in total. The van der Waals surface area contributed by atoms with Crippen LogP contribution in [0.4, 0.5) is 4.39 Å². The van der Waals surface area contributed by atoms with Crippen LogP contribution < -0.4 is 0 Å². The van der Waals surface area contributed by atoms with Crippen molar-refractivity contribution in [1.82, 2.24) is 4.90 Å². The van der Waals surface area contributed by atoms with Crippen LogP contribution in [0.5, 0.6) is 0 Å². The van der Waals surface area contributed by atoms with Crippen molar-refractivity contribution in [3.8, 4) is 0 Å². The van der Waals surface area contributed by atoms with E-state index in [4.69, 9.17) is 4.74 Å². The predicted octanol–water partition coefficient (Wildman–Crippen LogP) is 2.76. The second-order valence-electron chi connectivity index (χ2n) is 6.06. The minimum absolute atomic E-state index is 0.0813. The maximum atomic E-state index is 13.7. The average Bonchev–Trinajstić information content (AvgIpc) is 2.41. The lowest BCUT2D eigenvalue weighted by Gasteiger charge is -2.43. The van der Waals surface area contributed by atoms with Gasteiger partial charge in [-0.15, -0.1) is 0 Å². The third kappa shape index (κ3) is 3.25. The van der Waals surface area contributed by atoms with Crippen LogP contribution in [0.15, 0.2) is 24.3 Å². The Balaban J connectivity index is 2.06. The first-order valence-corrected chi connectivity index (χ1v) is 7.03. The normalized spacial score (nSPS) is 20.6. The highest BCUT2D eigenvalue weighted by Crippen LogP contribution is 2.22. The van der Waals surface area contributed by atoms with Crippen molar-refractivity contribution in [2.24, 2.45) is 5.92 Å². The van der Waals surface area contributed by atoms with Crippen LogP contribution in [-0.4, -0.2) is 42.5 Å². The summed E-state index contributed by atoms with van der Waals surface area (Å²) < 4.78 is 19.2. The Morgan fingerprint density at radius 3 is 2.80 bits per heavy atom. The SMILES string of the molecule is CC(CN1CCOCC1(C)C)C(=O)c1ccccc1F. The van der Waals surface area contributed by atoms with Gasteiger partial charge in [-0.2, -0.15) is 0 Å². The maximum absolute atomic E-state index is 13.7.